The number of hydrogen-bond donors (Lipinski definition) is 0. The molecular weight excluding hydrogens is 140 g/mol. The van der Waals surface area contributed by atoms with Crippen LogP contribution in [0.25, 0.3) is 0 Å². The first kappa shape index (κ1) is 9.95. The van der Waals surface area contributed by atoms with Gasteiger partial charge in [-0.05, 0) is 26.0 Å². The molecule has 0 amide bonds. The van der Waals surface area contributed by atoms with Crippen LogP contribution in [0.1, 0.15) is 20.3 Å². The minimum atomic E-state index is 0.143. The Balaban J connectivity index is 3.53. The van der Waals surface area contributed by atoms with Crippen LogP contribution in [0.15, 0.2) is 24.5 Å². The smallest absolute Gasteiger partial charge is 0.133 e. The van der Waals surface area contributed by atoms with E-state index in [0.717, 1.165) is 5.76 Å². The van der Waals surface area contributed by atoms with E-state index in [1.54, 1.807) is 13.0 Å². The molecular formula is C9H14O2. The molecule has 0 atom stereocenters. The third-order valence-corrected chi connectivity index (χ3v) is 1.21. The van der Waals surface area contributed by atoms with Crippen molar-refractivity contribution < 1.29 is 9.53 Å². The molecule has 0 saturated carbocycles. The first-order valence-electron chi connectivity index (χ1n) is 3.61. The molecule has 0 N–H and O–H groups in total. The maximum Gasteiger partial charge on any atom is 0.133 e. The highest BCUT2D eigenvalue weighted by molar-refractivity contribution is 5.75. The predicted octanol–water partition coefficient (Wildman–Crippen LogP) is 2.07. The van der Waals surface area contributed by atoms with Crippen molar-refractivity contribution in [3.63, 3.8) is 0 Å². The summed E-state index contributed by atoms with van der Waals surface area (Å²) in [5.74, 6) is 0.871. The van der Waals surface area contributed by atoms with E-state index < -0.39 is 0 Å². The number of ketones is 1. The number of rotatable bonds is 5. The Morgan fingerprint density at radius 3 is 2.64 bits per heavy atom. The van der Waals surface area contributed by atoms with Gasteiger partial charge in [-0.15, -0.1) is 0 Å². The lowest BCUT2D eigenvalue weighted by atomic mass is 10.3. The second-order valence-corrected chi connectivity index (χ2v) is 2.20. The van der Waals surface area contributed by atoms with Crippen molar-refractivity contribution in [3.8, 4) is 0 Å². The Bertz CT molecular complexity index is 168. The normalized spacial score (nSPS) is 10.9. The summed E-state index contributed by atoms with van der Waals surface area (Å²) in [5.41, 5.74) is 0. The van der Waals surface area contributed by atoms with E-state index in [-0.39, 0.29) is 5.78 Å². The van der Waals surface area contributed by atoms with Crippen molar-refractivity contribution in [2.24, 2.45) is 0 Å². The lowest BCUT2D eigenvalue weighted by Gasteiger charge is -2.03. The van der Waals surface area contributed by atoms with Crippen molar-refractivity contribution in [2.75, 3.05) is 6.61 Å². The van der Waals surface area contributed by atoms with Crippen LogP contribution in [-0.2, 0) is 9.53 Å². The highest BCUT2D eigenvalue weighted by atomic mass is 16.5. The summed E-state index contributed by atoms with van der Waals surface area (Å²) in [6.07, 6.45) is 3.90. The predicted molar refractivity (Wildman–Crippen MR) is 45.2 cm³/mol. The summed E-state index contributed by atoms with van der Waals surface area (Å²) >= 11 is 0. The van der Waals surface area contributed by atoms with Gasteiger partial charge in [-0.2, -0.15) is 0 Å². The van der Waals surface area contributed by atoms with Crippen LogP contribution in [0, 0.1) is 0 Å². The zero-order chi connectivity index (χ0) is 8.69. The van der Waals surface area contributed by atoms with Gasteiger partial charge in [0.05, 0.1) is 6.61 Å². The monoisotopic (exact) mass is 154 g/mol. The lowest BCUT2D eigenvalue weighted by molar-refractivity contribution is -0.117. The van der Waals surface area contributed by atoms with Crippen LogP contribution < -0.4 is 0 Å². The minimum Gasteiger partial charge on any atom is -0.494 e. The average molecular weight is 154 g/mol. The second-order valence-electron chi connectivity index (χ2n) is 2.20. The molecule has 0 spiro atoms. The molecule has 11 heavy (non-hydrogen) atoms. The van der Waals surface area contributed by atoms with Crippen LogP contribution in [0.2, 0.25) is 0 Å². The molecule has 0 bridgehead atoms. The molecule has 0 aromatic heterocycles. The van der Waals surface area contributed by atoms with Crippen LogP contribution in [0.3, 0.4) is 0 Å². The number of carbonyl (C=O) groups excluding carboxylic acids is 1. The fourth-order valence-corrected chi connectivity index (χ4v) is 0.573. The molecule has 0 radical (unpaired) electrons. The SMILES string of the molecule is C=C/C(=C\C)OCCC(C)=O. The molecule has 0 aromatic rings. The Hall–Kier alpha value is -1.05. The lowest BCUT2D eigenvalue weighted by Crippen LogP contribution is -1.98. The fourth-order valence-electron chi connectivity index (χ4n) is 0.573. The largest absolute Gasteiger partial charge is 0.494 e. The molecule has 0 fully saturated rings. The van der Waals surface area contributed by atoms with Crippen LogP contribution >= 0.6 is 0 Å². The zero-order valence-corrected chi connectivity index (χ0v) is 7.09. The topological polar surface area (TPSA) is 26.3 Å². The highest BCUT2D eigenvalue weighted by Crippen LogP contribution is 1.98. The fraction of sp³-hybridized carbons (Fsp3) is 0.444. The van der Waals surface area contributed by atoms with Crippen molar-refractivity contribution >= 4 is 5.78 Å². The summed E-state index contributed by atoms with van der Waals surface area (Å²) in [4.78, 5) is 10.5. The number of hydrogen-bond acceptors (Lipinski definition) is 2. The first-order chi connectivity index (χ1) is 5.20. The Morgan fingerprint density at radius 1 is 1.64 bits per heavy atom. The summed E-state index contributed by atoms with van der Waals surface area (Å²) in [5, 5.41) is 0. The molecule has 0 aliphatic heterocycles. The summed E-state index contributed by atoms with van der Waals surface area (Å²) in [6, 6.07) is 0. The van der Waals surface area contributed by atoms with Gasteiger partial charge in [0.2, 0.25) is 0 Å². The van der Waals surface area contributed by atoms with E-state index in [9.17, 15) is 4.79 Å². The number of Topliss-reactive ketones (excluding diaryl/α,β-unsaturated/α-hetero) is 1. The number of ether oxygens (including phenoxy) is 1. The van der Waals surface area contributed by atoms with Gasteiger partial charge >= 0.3 is 0 Å². The van der Waals surface area contributed by atoms with Gasteiger partial charge in [-0.25, -0.2) is 0 Å². The van der Waals surface area contributed by atoms with E-state index in [1.807, 2.05) is 13.0 Å². The molecule has 0 heterocycles. The molecule has 0 aliphatic rings. The molecule has 62 valence electrons. The average Bonchev–Trinajstić information content (AvgIpc) is 1.98. The molecule has 2 nitrogen and oxygen atoms in total. The van der Waals surface area contributed by atoms with Gasteiger partial charge in [-0.3, -0.25) is 4.79 Å². The molecule has 2 heteroatoms. The van der Waals surface area contributed by atoms with Gasteiger partial charge in [-0.1, -0.05) is 6.58 Å². The maximum atomic E-state index is 10.5. The Morgan fingerprint density at radius 2 is 2.27 bits per heavy atom. The summed E-state index contributed by atoms with van der Waals surface area (Å²) in [6.45, 7) is 7.41. The molecule has 0 aliphatic carbocycles. The van der Waals surface area contributed by atoms with Gasteiger partial charge in [0, 0.05) is 6.42 Å². The third-order valence-electron chi connectivity index (χ3n) is 1.21. The summed E-state index contributed by atoms with van der Waals surface area (Å²) in [7, 11) is 0. The summed E-state index contributed by atoms with van der Waals surface area (Å²) < 4.78 is 5.17. The highest BCUT2D eigenvalue weighted by Gasteiger charge is 1.93. The van der Waals surface area contributed by atoms with Crippen LogP contribution in [0.5, 0.6) is 0 Å². The Labute approximate surface area is 67.6 Å². The second kappa shape index (κ2) is 5.71. The van der Waals surface area contributed by atoms with Gasteiger partial charge in [0.15, 0.2) is 0 Å². The zero-order valence-electron chi connectivity index (χ0n) is 7.09. The van der Waals surface area contributed by atoms with E-state index in [1.165, 1.54) is 0 Å². The minimum absolute atomic E-state index is 0.143. The molecule has 0 aromatic carbocycles. The van der Waals surface area contributed by atoms with Gasteiger partial charge in [0.25, 0.3) is 0 Å². The first-order valence-corrected chi connectivity index (χ1v) is 3.61. The van der Waals surface area contributed by atoms with Crippen LogP contribution in [0.4, 0.5) is 0 Å². The molecule has 0 rings (SSSR count). The molecule has 0 unspecified atom stereocenters. The third kappa shape index (κ3) is 5.40. The Kier molecular flexibility index (Phi) is 5.17. The van der Waals surface area contributed by atoms with Crippen molar-refractivity contribution in [1.82, 2.24) is 0 Å². The van der Waals surface area contributed by atoms with Crippen molar-refractivity contribution in [2.45, 2.75) is 20.3 Å². The van der Waals surface area contributed by atoms with E-state index in [2.05, 4.69) is 6.58 Å². The number of allylic oxidation sites excluding steroid dienone is 2. The van der Waals surface area contributed by atoms with E-state index in [0.29, 0.717) is 13.0 Å². The quantitative estimate of drug-likeness (QED) is 0.447. The molecule has 0 saturated heterocycles. The van der Waals surface area contributed by atoms with Crippen molar-refractivity contribution in [1.29, 1.82) is 0 Å². The maximum absolute atomic E-state index is 10.5. The van der Waals surface area contributed by atoms with Crippen molar-refractivity contribution in [3.05, 3.63) is 24.5 Å². The van der Waals surface area contributed by atoms with E-state index >= 15 is 0 Å². The van der Waals surface area contributed by atoms with Gasteiger partial charge < -0.3 is 4.74 Å². The van der Waals surface area contributed by atoms with E-state index in [4.69, 9.17) is 4.74 Å². The van der Waals surface area contributed by atoms with Crippen LogP contribution in [-0.4, -0.2) is 12.4 Å². The standard InChI is InChI=1S/C9H14O2/c1-4-9(5-2)11-7-6-8(3)10/h4-5H,1,6-7H2,2-3H3/b9-5+. The number of carbonyl (C=O) groups is 1. The van der Waals surface area contributed by atoms with Gasteiger partial charge in [0.1, 0.15) is 11.5 Å².